The molecule has 0 radical (unpaired) electrons. The van der Waals surface area contributed by atoms with Crippen molar-refractivity contribution in [1.82, 2.24) is 10.3 Å². The molecule has 0 saturated carbocycles. The Morgan fingerprint density at radius 1 is 1.29 bits per heavy atom. The Balaban J connectivity index is 1.98. The monoisotopic (exact) mass is 282 g/mol. The van der Waals surface area contributed by atoms with Crippen molar-refractivity contribution in [2.75, 3.05) is 6.54 Å². The fraction of sp³-hybridized carbons (Fsp3) is 0.444. The van der Waals surface area contributed by atoms with E-state index in [0.717, 1.165) is 60.0 Å². The molecule has 1 aliphatic carbocycles. The van der Waals surface area contributed by atoms with E-state index in [9.17, 15) is 4.79 Å². The lowest BCUT2D eigenvalue weighted by Crippen LogP contribution is -2.26. The predicted molar refractivity (Wildman–Crippen MR) is 85.6 cm³/mol. The molecule has 21 heavy (non-hydrogen) atoms. The molecule has 0 aliphatic heterocycles. The minimum absolute atomic E-state index is 0.0624. The fourth-order valence-electron chi connectivity index (χ4n) is 3.03. The lowest BCUT2D eigenvalue weighted by Gasteiger charge is -2.13. The number of hydrogen-bond donors (Lipinski definition) is 1. The quantitative estimate of drug-likeness (QED) is 0.932. The van der Waals surface area contributed by atoms with Crippen molar-refractivity contribution in [1.29, 1.82) is 0 Å². The average Bonchev–Trinajstić information content (AvgIpc) is 2.91. The number of carbonyl (C=O) groups excluding carboxylic acids is 1. The first-order valence-corrected chi connectivity index (χ1v) is 7.85. The molecular formula is C18H22N2O. The molecular weight excluding hydrogens is 260 g/mol. The van der Waals surface area contributed by atoms with Gasteiger partial charge in [-0.05, 0) is 43.2 Å². The minimum atomic E-state index is 0.0624. The summed E-state index contributed by atoms with van der Waals surface area (Å²) in [5.41, 5.74) is 4.07. The van der Waals surface area contributed by atoms with Gasteiger partial charge in [-0.25, -0.2) is 0 Å². The Morgan fingerprint density at radius 2 is 2.10 bits per heavy atom. The maximum absolute atomic E-state index is 12.7. The third-order valence-corrected chi connectivity index (χ3v) is 4.15. The number of pyridine rings is 1. The number of nitrogens with one attached hydrogen (secondary N) is 1. The van der Waals surface area contributed by atoms with Crippen molar-refractivity contribution in [3.8, 4) is 0 Å². The summed E-state index contributed by atoms with van der Waals surface area (Å²) >= 11 is 0. The molecule has 3 rings (SSSR count). The van der Waals surface area contributed by atoms with Crippen LogP contribution in [-0.2, 0) is 12.8 Å². The number of para-hydroxylation sites is 1. The van der Waals surface area contributed by atoms with Gasteiger partial charge in [0.1, 0.15) is 0 Å². The Labute approximate surface area is 125 Å². The molecule has 1 aliphatic rings. The molecule has 2 aromatic rings. The van der Waals surface area contributed by atoms with Crippen molar-refractivity contribution in [2.45, 2.75) is 39.5 Å². The van der Waals surface area contributed by atoms with Crippen LogP contribution in [0.1, 0.15) is 48.3 Å². The van der Waals surface area contributed by atoms with Gasteiger partial charge in [0.2, 0.25) is 0 Å². The van der Waals surface area contributed by atoms with E-state index in [0.29, 0.717) is 5.92 Å². The van der Waals surface area contributed by atoms with Crippen LogP contribution in [0.3, 0.4) is 0 Å². The summed E-state index contributed by atoms with van der Waals surface area (Å²) in [4.78, 5) is 17.4. The molecule has 1 N–H and O–H groups in total. The molecule has 1 aromatic heterocycles. The number of aromatic nitrogens is 1. The highest BCUT2D eigenvalue weighted by Gasteiger charge is 2.23. The standard InChI is InChI=1S/C18H22N2O/c1-12(2)10-11-19-18(21)17-13-6-3-4-8-15(13)20-16-9-5-7-14(16)17/h3-4,6,8,12H,5,7,9-11H2,1-2H3,(H,19,21). The zero-order chi connectivity index (χ0) is 14.8. The summed E-state index contributed by atoms with van der Waals surface area (Å²) in [6.07, 6.45) is 4.08. The average molecular weight is 282 g/mol. The first kappa shape index (κ1) is 14.1. The lowest BCUT2D eigenvalue weighted by molar-refractivity contribution is 0.0952. The molecule has 3 nitrogen and oxygen atoms in total. The van der Waals surface area contributed by atoms with E-state index in [1.807, 2.05) is 24.3 Å². The molecule has 0 unspecified atom stereocenters. The molecule has 110 valence electrons. The van der Waals surface area contributed by atoms with Gasteiger partial charge < -0.3 is 5.32 Å². The van der Waals surface area contributed by atoms with E-state index in [1.54, 1.807) is 0 Å². The van der Waals surface area contributed by atoms with Crippen LogP contribution in [0.2, 0.25) is 0 Å². The van der Waals surface area contributed by atoms with Crippen LogP contribution in [-0.4, -0.2) is 17.4 Å². The maximum Gasteiger partial charge on any atom is 0.252 e. The molecule has 0 spiro atoms. The van der Waals surface area contributed by atoms with Gasteiger partial charge in [0.25, 0.3) is 5.91 Å². The van der Waals surface area contributed by atoms with Crippen molar-refractivity contribution >= 4 is 16.8 Å². The van der Waals surface area contributed by atoms with Gasteiger partial charge in [0.15, 0.2) is 0 Å². The third-order valence-electron chi connectivity index (χ3n) is 4.15. The second-order valence-corrected chi connectivity index (χ2v) is 6.22. The molecule has 3 heteroatoms. The number of nitrogens with zero attached hydrogens (tertiary/aromatic N) is 1. The fourth-order valence-corrected chi connectivity index (χ4v) is 3.03. The van der Waals surface area contributed by atoms with E-state index in [-0.39, 0.29) is 5.91 Å². The SMILES string of the molecule is CC(C)CCNC(=O)c1c2c(nc3ccccc13)CCC2. The Morgan fingerprint density at radius 3 is 2.90 bits per heavy atom. The normalized spacial score (nSPS) is 13.7. The van der Waals surface area contributed by atoms with Gasteiger partial charge in [0.05, 0.1) is 11.1 Å². The summed E-state index contributed by atoms with van der Waals surface area (Å²) in [6, 6.07) is 7.98. The van der Waals surface area contributed by atoms with Crippen molar-refractivity contribution in [2.24, 2.45) is 5.92 Å². The molecule has 0 atom stereocenters. The Bertz CT molecular complexity index is 676. The van der Waals surface area contributed by atoms with Crippen LogP contribution in [0, 0.1) is 5.92 Å². The number of rotatable bonds is 4. The Kier molecular flexibility index (Phi) is 3.91. The largest absolute Gasteiger partial charge is 0.352 e. The van der Waals surface area contributed by atoms with Crippen LogP contribution in [0.15, 0.2) is 24.3 Å². The number of carbonyl (C=O) groups is 1. The highest BCUT2D eigenvalue weighted by atomic mass is 16.1. The summed E-state index contributed by atoms with van der Waals surface area (Å²) in [7, 11) is 0. The number of amides is 1. The number of aryl methyl sites for hydroxylation is 1. The molecule has 1 amide bonds. The van der Waals surface area contributed by atoms with Crippen LogP contribution in [0.4, 0.5) is 0 Å². The summed E-state index contributed by atoms with van der Waals surface area (Å²) in [6.45, 7) is 5.08. The zero-order valence-electron chi connectivity index (χ0n) is 12.8. The van der Waals surface area contributed by atoms with Crippen molar-refractivity contribution in [3.05, 3.63) is 41.1 Å². The minimum Gasteiger partial charge on any atom is -0.352 e. The molecule has 0 saturated heterocycles. The van der Waals surface area contributed by atoms with Gasteiger partial charge in [-0.1, -0.05) is 32.0 Å². The molecule has 0 bridgehead atoms. The van der Waals surface area contributed by atoms with Gasteiger partial charge in [-0.3, -0.25) is 9.78 Å². The van der Waals surface area contributed by atoms with E-state index in [4.69, 9.17) is 4.98 Å². The van der Waals surface area contributed by atoms with E-state index < -0.39 is 0 Å². The van der Waals surface area contributed by atoms with Gasteiger partial charge in [-0.2, -0.15) is 0 Å². The molecule has 1 heterocycles. The van der Waals surface area contributed by atoms with Crippen LogP contribution in [0.5, 0.6) is 0 Å². The highest BCUT2D eigenvalue weighted by molar-refractivity contribution is 6.07. The van der Waals surface area contributed by atoms with Gasteiger partial charge in [-0.15, -0.1) is 0 Å². The first-order valence-electron chi connectivity index (χ1n) is 7.85. The van der Waals surface area contributed by atoms with E-state index in [1.165, 1.54) is 0 Å². The smallest absolute Gasteiger partial charge is 0.252 e. The second-order valence-electron chi connectivity index (χ2n) is 6.22. The predicted octanol–water partition coefficient (Wildman–Crippen LogP) is 3.50. The number of fused-ring (bicyclic) bond motifs is 2. The number of hydrogen-bond acceptors (Lipinski definition) is 2. The Hall–Kier alpha value is -1.90. The van der Waals surface area contributed by atoms with Crippen LogP contribution in [0.25, 0.3) is 10.9 Å². The first-order chi connectivity index (χ1) is 10.2. The van der Waals surface area contributed by atoms with E-state index in [2.05, 4.69) is 19.2 Å². The van der Waals surface area contributed by atoms with Crippen molar-refractivity contribution in [3.63, 3.8) is 0 Å². The maximum atomic E-state index is 12.7. The molecule has 0 fully saturated rings. The summed E-state index contributed by atoms with van der Waals surface area (Å²) < 4.78 is 0. The summed E-state index contributed by atoms with van der Waals surface area (Å²) in [5, 5.41) is 4.07. The van der Waals surface area contributed by atoms with Gasteiger partial charge in [0, 0.05) is 17.6 Å². The topological polar surface area (TPSA) is 42.0 Å². The van der Waals surface area contributed by atoms with Gasteiger partial charge >= 0.3 is 0 Å². The highest BCUT2D eigenvalue weighted by Crippen LogP contribution is 2.29. The third kappa shape index (κ3) is 2.78. The van der Waals surface area contributed by atoms with Crippen LogP contribution >= 0.6 is 0 Å². The zero-order valence-corrected chi connectivity index (χ0v) is 12.8. The number of benzene rings is 1. The molecule has 1 aromatic carbocycles. The van der Waals surface area contributed by atoms with E-state index >= 15 is 0 Å². The van der Waals surface area contributed by atoms with Crippen LogP contribution < -0.4 is 5.32 Å². The second kappa shape index (κ2) is 5.84. The summed E-state index contributed by atoms with van der Waals surface area (Å²) in [5.74, 6) is 0.664. The van der Waals surface area contributed by atoms with Crippen molar-refractivity contribution < 1.29 is 4.79 Å². The lowest BCUT2D eigenvalue weighted by atomic mass is 10.0.